The van der Waals surface area contributed by atoms with Crippen molar-refractivity contribution in [2.75, 3.05) is 18.0 Å². The van der Waals surface area contributed by atoms with Crippen LogP contribution in [0.4, 0.5) is 5.69 Å². The number of benzene rings is 2. The number of rotatable bonds is 11. The van der Waals surface area contributed by atoms with Gasteiger partial charge in [-0.05, 0) is 24.5 Å². The number of primary amides is 1. The highest BCUT2D eigenvalue weighted by atomic mass is 16.2. The van der Waals surface area contributed by atoms with E-state index in [-0.39, 0.29) is 37.6 Å². The standard InChI is InChI=1S/C26H34N6O3/c1-2-15-30-31-26-19-9-4-3-8-18(19)17-32(21-11-6-5-10-20(21)25(26)28)24(35)14-16-29-23(34)13-7-12-22(27)33/h3-6,8-11,30-31H,2,7,12-17,28H2,1H3,(H2,27,33)(H,29,34)/b26-25-. The normalized spacial score (nSPS) is 14.8. The molecule has 0 bridgehead atoms. The summed E-state index contributed by atoms with van der Waals surface area (Å²) in [7, 11) is 0. The number of nitrogens with two attached hydrogens (primary N) is 2. The molecule has 3 rings (SSSR count). The van der Waals surface area contributed by atoms with Gasteiger partial charge in [-0.1, -0.05) is 49.4 Å². The van der Waals surface area contributed by atoms with Gasteiger partial charge in [-0.25, -0.2) is 5.43 Å². The van der Waals surface area contributed by atoms with Gasteiger partial charge in [0, 0.05) is 43.5 Å². The Morgan fingerprint density at radius 2 is 1.66 bits per heavy atom. The highest BCUT2D eigenvalue weighted by molar-refractivity contribution is 6.01. The molecule has 1 heterocycles. The number of nitrogens with one attached hydrogen (secondary N) is 3. The number of carbonyl (C=O) groups is 3. The summed E-state index contributed by atoms with van der Waals surface area (Å²) >= 11 is 0. The Morgan fingerprint density at radius 1 is 0.943 bits per heavy atom. The number of amides is 3. The van der Waals surface area contributed by atoms with Gasteiger partial charge in [0.15, 0.2) is 0 Å². The van der Waals surface area contributed by atoms with E-state index in [1.165, 1.54) is 0 Å². The van der Waals surface area contributed by atoms with E-state index < -0.39 is 5.91 Å². The van der Waals surface area contributed by atoms with Crippen LogP contribution in [0.2, 0.25) is 0 Å². The van der Waals surface area contributed by atoms with E-state index >= 15 is 0 Å². The highest BCUT2D eigenvalue weighted by Gasteiger charge is 2.26. The SMILES string of the molecule is CCCNN/C1=C(\N)c2ccccc2N(C(=O)CCNC(=O)CCCC(N)=O)Cc2ccccc21. The van der Waals surface area contributed by atoms with Gasteiger partial charge >= 0.3 is 0 Å². The molecule has 0 spiro atoms. The van der Waals surface area contributed by atoms with Crippen molar-refractivity contribution in [2.45, 2.75) is 45.6 Å². The molecule has 2 aromatic carbocycles. The van der Waals surface area contributed by atoms with Gasteiger partial charge in [0.05, 0.1) is 23.6 Å². The van der Waals surface area contributed by atoms with Crippen LogP contribution < -0.4 is 32.5 Å². The van der Waals surface area contributed by atoms with Crippen molar-refractivity contribution in [3.05, 3.63) is 65.2 Å². The summed E-state index contributed by atoms with van der Waals surface area (Å²) in [4.78, 5) is 37.9. The van der Waals surface area contributed by atoms with Crippen LogP contribution in [-0.4, -0.2) is 30.8 Å². The van der Waals surface area contributed by atoms with Gasteiger partial charge in [0.1, 0.15) is 0 Å². The van der Waals surface area contributed by atoms with Crippen molar-refractivity contribution in [1.29, 1.82) is 0 Å². The van der Waals surface area contributed by atoms with Crippen LogP contribution in [0.15, 0.2) is 48.5 Å². The monoisotopic (exact) mass is 478 g/mol. The van der Waals surface area contributed by atoms with Crippen LogP contribution >= 0.6 is 0 Å². The third-order valence-electron chi connectivity index (χ3n) is 5.75. The second-order valence-electron chi connectivity index (χ2n) is 8.41. The van der Waals surface area contributed by atoms with Crippen molar-refractivity contribution in [3.8, 4) is 0 Å². The molecule has 0 saturated heterocycles. The first-order valence-electron chi connectivity index (χ1n) is 11.9. The van der Waals surface area contributed by atoms with E-state index in [0.717, 1.165) is 35.4 Å². The third-order valence-corrected chi connectivity index (χ3v) is 5.75. The van der Waals surface area contributed by atoms with E-state index in [4.69, 9.17) is 11.5 Å². The largest absolute Gasteiger partial charge is 0.396 e. The number of hydrogen-bond acceptors (Lipinski definition) is 6. The lowest BCUT2D eigenvalue weighted by atomic mass is 9.96. The smallest absolute Gasteiger partial charge is 0.229 e. The second kappa shape index (κ2) is 12.6. The van der Waals surface area contributed by atoms with E-state index in [2.05, 4.69) is 23.1 Å². The number of fused-ring (bicyclic) bond motifs is 2. The zero-order valence-electron chi connectivity index (χ0n) is 20.1. The average Bonchev–Trinajstić information content (AvgIpc) is 2.84. The van der Waals surface area contributed by atoms with Crippen LogP contribution in [0.1, 0.15) is 55.7 Å². The number of anilines is 1. The molecule has 1 aliphatic heterocycles. The summed E-state index contributed by atoms with van der Waals surface area (Å²) in [5.41, 5.74) is 22.9. The maximum atomic E-state index is 13.3. The molecule has 0 aliphatic carbocycles. The molecule has 0 atom stereocenters. The van der Waals surface area contributed by atoms with E-state index in [9.17, 15) is 14.4 Å². The molecule has 0 fully saturated rings. The van der Waals surface area contributed by atoms with Crippen molar-refractivity contribution >= 4 is 34.8 Å². The van der Waals surface area contributed by atoms with Gasteiger partial charge in [0.2, 0.25) is 17.7 Å². The fraction of sp³-hybridized carbons (Fsp3) is 0.346. The highest BCUT2D eigenvalue weighted by Crippen LogP contribution is 2.34. The van der Waals surface area contributed by atoms with E-state index in [0.29, 0.717) is 24.4 Å². The molecule has 2 aromatic rings. The Labute approximate surface area is 205 Å². The van der Waals surface area contributed by atoms with Gasteiger partial charge in [-0.15, -0.1) is 0 Å². The summed E-state index contributed by atoms with van der Waals surface area (Å²) in [5.74, 6) is -0.769. The molecule has 35 heavy (non-hydrogen) atoms. The minimum Gasteiger partial charge on any atom is -0.396 e. The summed E-state index contributed by atoms with van der Waals surface area (Å²) in [6, 6.07) is 15.4. The fourth-order valence-corrected chi connectivity index (χ4v) is 3.96. The quantitative estimate of drug-likeness (QED) is 0.247. The lowest BCUT2D eigenvalue weighted by Gasteiger charge is -2.30. The molecule has 7 N–H and O–H groups in total. The molecule has 3 amide bonds. The molecule has 186 valence electrons. The van der Waals surface area contributed by atoms with Gasteiger partial charge in [0.25, 0.3) is 0 Å². The maximum absolute atomic E-state index is 13.3. The lowest BCUT2D eigenvalue weighted by molar-refractivity contribution is -0.121. The predicted molar refractivity (Wildman–Crippen MR) is 137 cm³/mol. The van der Waals surface area contributed by atoms with Crippen molar-refractivity contribution in [3.63, 3.8) is 0 Å². The zero-order chi connectivity index (χ0) is 25.2. The first-order chi connectivity index (χ1) is 16.9. The number of hydrogen-bond donors (Lipinski definition) is 5. The summed E-state index contributed by atoms with van der Waals surface area (Å²) in [5, 5.41) is 2.75. The van der Waals surface area contributed by atoms with Crippen molar-refractivity contribution < 1.29 is 14.4 Å². The Hall–Kier alpha value is -3.85. The predicted octanol–water partition coefficient (Wildman–Crippen LogP) is 1.98. The molecule has 1 aliphatic rings. The molecule has 0 unspecified atom stereocenters. The number of hydrazine groups is 1. The molecule has 0 aromatic heterocycles. The molecule has 0 radical (unpaired) electrons. The zero-order valence-corrected chi connectivity index (χ0v) is 20.1. The Balaban J connectivity index is 1.83. The van der Waals surface area contributed by atoms with Crippen LogP contribution in [0.5, 0.6) is 0 Å². The second-order valence-corrected chi connectivity index (χ2v) is 8.41. The van der Waals surface area contributed by atoms with Crippen LogP contribution in [0, 0.1) is 0 Å². The van der Waals surface area contributed by atoms with Crippen LogP contribution in [0.25, 0.3) is 11.4 Å². The Bertz CT molecular complexity index is 1100. The molecular formula is C26H34N6O3. The molecule has 9 nitrogen and oxygen atoms in total. The van der Waals surface area contributed by atoms with Crippen molar-refractivity contribution in [1.82, 2.24) is 16.2 Å². The number of nitrogens with zero attached hydrogens (tertiary/aromatic N) is 1. The first-order valence-corrected chi connectivity index (χ1v) is 11.9. The van der Waals surface area contributed by atoms with Gasteiger partial charge in [-0.3, -0.25) is 14.4 Å². The van der Waals surface area contributed by atoms with E-state index in [1.54, 1.807) is 4.90 Å². The van der Waals surface area contributed by atoms with Gasteiger partial charge in [-0.2, -0.15) is 0 Å². The lowest BCUT2D eigenvalue weighted by Crippen LogP contribution is -2.37. The Kier molecular flexibility index (Phi) is 9.25. The fourth-order valence-electron chi connectivity index (χ4n) is 3.96. The third kappa shape index (κ3) is 6.83. The summed E-state index contributed by atoms with van der Waals surface area (Å²) in [6.45, 7) is 3.43. The number of carbonyl (C=O) groups excluding carboxylic acids is 3. The van der Waals surface area contributed by atoms with Crippen LogP contribution in [-0.2, 0) is 20.9 Å². The Morgan fingerprint density at radius 3 is 2.40 bits per heavy atom. The summed E-state index contributed by atoms with van der Waals surface area (Å²) in [6.07, 6.45) is 1.84. The molecule has 9 heteroatoms. The minimum atomic E-state index is -0.433. The maximum Gasteiger partial charge on any atom is 0.229 e. The minimum absolute atomic E-state index is 0.127. The van der Waals surface area contributed by atoms with Crippen LogP contribution in [0.3, 0.4) is 0 Å². The van der Waals surface area contributed by atoms with Gasteiger partial charge < -0.3 is 27.1 Å². The topological polar surface area (TPSA) is 143 Å². The van der Waals surface area contributed by atoms with Crippen molar-refractivity contribution in [2.24, 2.45) is 11.5 Å². The first kappa shape index (κ1) is 25.8. The summed E-state index contributed by atoms with van der Waals surface area (Å²) < 4.78 is 0. The molecule has 0 saturated carbocycles. The van der Waals surface area contributed by atoms with E-state index in [1.807, 2.05) is 48.5 Å². The average molecular weight is 479 g/mol. The molecular weight excluding hydrogens is 444 g/mol. The number of para-hydroxylation sites is 1.